The Morgan fingerprint density at radius 2 is 1.82 bits per heavy atom. The predicted octanol–water partition coefficient (Wildman–Crippen LogP) is 5.77. The number of benzene rings is 2. The number of amides is 1. The van der Waals surface area contributed by atoms with Gasteiger partial charge >= 0.3 is 0 Å². The van der Waals surface area contributed by atoms with Crippen LogP contribution < -0.4 is 10.9 Å². The lowest BCUT2D eigenvalue weighted by Gasteiger charge is -2.20. The summed E-state index contributed by atoms with van der Waals surface area (Å²) in [5.74, 6) is 0.305. The van der Waals surface area contributed by atoms with Gasteiger partial charge < -0.3 is 5.32 Å². The molecule has 33 heavy (non-hydrogen) atoms. The highest BCUT2D eigenvalue weighted by Crippen LogP contribution is 2.35. The molecule has 1 aliphatic carbocycles. The van der Waals surface area contributed by atoms with Gasteiger partial charge in [-0.2, -0.15) is 0 Å². The molecule has 0 aliphatic heterocycles. The summed E-state index contributed by atoms with van der Waals surface area (Å²) in [7, 11) is 0. The molecule has 1 unspecified atom stereocenters. The molecule has 1 atom stereocenters. The molecule has 2 aromatic heterocycles. The van der Waals surface area contributed by atoms with Crippen molar-refractivity contribution in [2.45, 2.75) is 52.0 Å². The van der Waals surface area contributed by atoms with Gasteiger partial charge in [0.1, 0.15) is 16.7 Å². The van der Waals surface area contributed by atoms with E-state index in [0.29, 0.717) is 11.2 Å². The molecular weight excluding hydrogens is 430 g/mol. The number of carbonyl (C=O) groups is 1. The van der Waals surface area contributed by atoms with Crippen LogP contribution >= 0.6 is 11.3 Å². The molecule has 5 rings (SSSR count). The quantitative estimate of drug-likeness (QED) is 0.414. The van der Waals surface area contributed by atoms with Crippen molar-refractivity contribution >= 4 is 33.1 Å². The minimum atomic E-state index is -0.713. The minimum Gasteiger partial charge on any atom is -0.324 e. The lowest BCUT2D eigenvalue weighted by molar-refractivity contribution is -0.118. The van der Waals surface area contributed by atoms with Crippen LogP contribution in [0, 0.1) is 0 Å². The Morgan fingerprint density at radius 3 is 2.55 bits per heavy atom. The van der Waals surface area contributed by atoms with Crippen LogP contribution in [0.4, 0.5) is 5.69 Å². The van der Waals surface area contributed by atoms with E-state index in [0.717, 1.165) is 53.7 Å². The fourth-order valence-corrected chi connectivity index (χ4v) is 5.81. The van der Waals surface area contributed by atoms with E-state index < -0.39 is 6.04 Å². The summed E-state index contributed by atoms with van der Waals surface area (Å²) in [5.41, 5.74) is 3.77. The van der Waals surface area contributed by atoms with Gasteiger partial charge in [0.2, 0.25) is 5.91 Å². The molecule has 168 valence electrons. The van der Waals surface area contributed by atoms with Crippen LogP contribution in [0.2, 0.25) is 0 Å². The number of thiophene rings is 1. The van der Waals surface area contributed by atoms with Gasteiger partial charge in [-0.25, -0.2) is 4.98 Å². The van der Waals surface area contributed by atoms with Gasteiger partial charge in [-0.3, -0.25) is 14.2 Å². The fraction of sp³-hybridized carbons (Fsp3) is 0.296. The number of aryl methyl sites for hydroxylation is 3. The first-order chi connectivity index (χ1) is 16.1. The summed E-state index contributed by atoms with van der Waals surface area (Å²) >= 11 is 1.63. The average molecular weight is 458 g/mol. The Kier molecular flexibility index (Phi) is 5.85. The highest BCUT2D eigenvalue weighted by atomic mass is 32.1. The molecule has 0 spiro atoms. The predicted molar refractivity (Wildman–Crippen MR) is 135 cm³/mol. The van der Waals surface area contributed by atoms with Gasteiger partial charge in [-0.1, -0.05) is 49.4 Å². The Morgan fingerprint density at radius 1 is 1.09 bits per heavy atom. The van der Waals surface area contributed by atoms with E-state index in [1.807, 2.05) is 54.6 Å². The third kappa shape index (κ3) is 4.00. The van der Waals surface area contributed by atoms with Crippen LogP contribution in [0.1, 0.15) is 48.7 Å². The smallest absolute Gasteiger partial charge is 0.263 e. The van der Waals surface area contributed by atoms with Crippen LogP contribution in [0.25, 0.3) is 21.6 Å². The first-order valence-electron chi connectivity index (χ1n) is 11.6. The first-order valence-corrected chi connectivity index (χ1v) is 12.4. The van der Waals surface area contributed by atoms with Crippen molar-refractivity contribution in [1.29, 1.82) is 0 Å². The van der Waals surface area contributed by atoms with Gasteiger partial charge in [0.15, 0.2) is 0 Å². The molecular formula is C27H27N3O2S. The topological polar surface area (TPSA) is 64.0 Å². The number of anilines is 1. The number of hydrogen-bond donors (Lipinski definition) is 1. The zero-order valence-corrected chi connectivity index (χ0v) is 19.7. The fourth-order valence-electron chi connectivity index (χ4n) is 4.56. The molecule has 1 amide bonds. The van der Waals surface area contributed by atoms with Crippen molar-refractivity contribution in [3.63, 3.8) is 0 Å². The monoisotopic (exact) mass is 457 g/mol. The number of rotatable bonds is 5. The van der Waals surface area contributed by atoms with Gasteiger partial charge in [-0.15, -0.1) is 11.3 Å². The second-order valence-corrected chi connectivity index (χ2v) is 9.67. The molecule has 2 heterocycles. The van der Waals surface area contributed by atoms with Crippen LogP contribution in [0.3, 0.4) is 0 Å². The molecule has 1 aliphatic rings. The summed E-state index contributed by atoms with van der Waals surface area (Å²) in [6, 6.07) is 16.8. The molecule has 0 fully saturated rings. The third-order valence-corrected chi connectivity index (χ3v) is 7.64. The van der Waals surface area contributed by atoms with Crippen LogP contribution in [-0.4, -0.2) is 15.5 Å². The van der Waals surface area contributed by atoms with Gasteiger partial charge in [0.05, 0.1) is 5.39 Å². The maximum Gasteiger partial charge on any atom is 0.263 e. The van der Waals surface area contributed by atoms with Crippen molar-refractivity contribution in [3.05, 3.63) is 81.0 Å². The van der Waals surface area contributed by atoms with E-state index in [9.17, 15) is 9.59 Å². The van der Waals surface area contributed by atoms with Crippen molar-refractivity contribution in [3.8, 4) is 11.4 Å². The number of aromatic nitrogens is 2. The summed E-state index contributed by atoms with van der Waals surface area (Å²) in [5, 5.41) is 3.67. The Bertz CT molecular complexity index is 1370. The number of fused-ring (bicyclic) bond motifs is 3. The van der Waals surface area contributed by atoms with Crippen molar-refractivity contribution in [2.75, 3.05) is 5.32 Å². The highest BCUT2D eigenvalue weighted by Gasteiger charge is 2.27. The van der Waals surface area contributed by atoms with Crippen molar-refractivity contribution < 1.29 is 4.79 Å². The van der Waals surface area contributed by atoms with Gasteiger partial charge in [-0.05, 0) is 62.3 Å². The summed E-state index contributed by atoms with van der Waals surface area (Å²) in [4.78, 5) is 34.2. The van der Waals surface area contributed by atoms with E-state index in [2.05, 4.69) is 12.2 Å². The standard InChI is InChI=1S/C27H27N3O2S/c1-3-18-13-15-20(16-14-18)28-25(31)17(2)30-24(19-9-5-4-6-10-19)29-26-23(27(30)32)21-11-7-8-12-22(21)33-26/h4-6,9-10,13-17H,3,7-8,11-12H2,1-2H3,(H,28,31). The normalized spacial score (nSPS) is 14.1. The molecule has 0 radical (unpaired) electrons. The molecule has 6 heteroatoms. The zero-order chi connectivity index (χ0) is 22.9. The van der Waals surface area contributed by atoms with Gasteiger partial charge in [0, 0.05) is 16.1 Å². The van der Waals surface area contributed by atoms with E-state index >= 15 is 0 Å². The van der Waals surface area contributed by atoms with E-state index in [1.165, 1.54) is 10.4 Å². The number of carbonyl (C=O) groups excluding carboxylic acids is 1. The van der Waals surface area contributed by atoms with Crippen molar-refractivity contribution in [1.82, 2.24) is 9.55 Å². The summed E-state index contributed by atoms with van der Waals surface area (Å²) < 4.78 is 1.58. The first kappa shape index (κ1) is 21.6. The molecule has 2 aromatic carbocycles. The highest BCUT2D eigenvalue weighted by molar-refractivity contribution is 7.18. The SMILES string of the molecule is CCc1ccc(NC(=O)C(C)n2c(-c3ccccc3)nc3sc4c(c3c2=O)CCCC4)cc1. The Labute approximate surface area is 197 Å². The maximum atomic E-state index is 13.9. The van der Waals surface area contributed by atoms with E-state index in [1.54, 1.807) is 22.8 Å². The third-order valence-electron chi connectivity index (χ3n) is 6.45. The largest absolute Gasteiger partial charge is 0.324 e. The second-order valence-electron chi connectivity index (χ2n) is 8.58. The lowest BCUT2D eigenvalue weighted by atomic mass is 9.97. The number of hydrogen-bond acceptors (Lipinski definition) is 4. The summed E-state index contributed by atoms with van der Waals surface area (Å²) in [6.07, 6.45) is 5.08. The molecule has 4 aromatic rings. The molecule has 0 saturated carbocycles. The Balaban J connectivity index is 1.62. The number of nitrogens with one attached hydrogen (secondary N) is 1. The average Bonchev–Trinajstić information content (AvgIpc) is 3.23. The number of nitrogens with zero attached hydrogens (tertiary/aromatic N) is 2. The Hall–Kier alpha value is -3.25. The molecule has 0 bridgehead atoms. The minimum absolute atomic E-state index is 0.123. The molecule has 0 saturated heterocycles. The molecule has 1 N–H and O–H groups in total. The maximum absolute atomic E-state index is 13.9. The van der Waals surface area contributed by atoms with Crippen LogP contribution in [0.15, 0.2) is 59.4 Å². The second kappa shape index (κ2) is 8.94. The lowest BCUT2D eigenvalue weighted by Crippen LogP contribution is -2.33. The molecule has 5 nitrogen and oxygen atoms in total. The van der Waals surface area contributed by atoms with Crippen LogP contribution in [0.5, 0.6) is 0 Å². The zero-order valence-electron chi connectivity index (χ0n) is 18.9. The van der Waals surface area contributed by atoms with Gasteiger partial charge in [0.25, 0.3) is 5.56 Å². The van der Waals surface area contributed by atoms with E-state index in [-0.39, 0.29) is 11.5 Å². The van der Waals surface area contributed by atoms with Crippen LogP contribution in [-0.2, 0) is 24.1 Å². The van der Waals surface area contributed by atoms with E-state index in [4.69, 9.17) is 4.98 Å². The van der Waals surface area contributed by atoms with Crippen molar-refractivity contribution in [2.24, 2.45) is 0 Å². The summed E-state index contributed by atoms with van der Waals surface area (Å²) in [6.45, 7) is 3.87.